The second-order valence-electron chi connectivity index (χ2n) is 26.2. The summed E-state index contributed by atoms with van der Waals surface area (Å²) in [6.45, 7) is 18.8. The number of methoxy groups -OCH3 is 2. The molecule has 0 unspecified atom stereocenters. The van der Waals surface area contributed by atoms with Gasteiger partial charge in [-0.2, -0.15) is 0 Å². The van der Waals surface area contributed by atoms with Gasteiger partial charge in [0.25, 0.3) is 0 Å². The van der Waals surface area contributed by atoms with Crippen LogP contribution < -0.4 is 41.4 Å². The minimum atomic E-state index is -0.469. The molecule has 0 fully saturated rings. The van der Waals surface area contributed by atoms with Crippen molar-refractivity contribution in [3.8, 4) is 33.8 Å². The first-order chi connectivity index (χ1) is 47.3. The van der Waals surface area contributed by atoms with Crippen LogP contribution in [0, 0.1) is 0 Å². The lowest BCUT2D eigenvalue weighted by Gasteiger charge is -2.20. The lowest BCUT2D eigenvalue weighted by Crippen LogP contribution is -2.29. The van der Waals surface area contributed by atoms with Crippen molar-refractivity contribution in [2.75, 3.05) is 61.8 Å². The van der Waals surface area contributed by atoms with Crippen molar-refractivity contribution in [1.82, 2.24) is 10.6 Å². The molecule has 0 spiro atoms. The highest BCUT2D eigenvalue weighted by atomic mass is 16.6. The van der Waals surface area contributed by atoms with Gasteiger partial charge < -0.3 is 49.7 Å². The lowest BCUT2D eigenvalue weighted by atomic mass is 9.93. The van der Waals surface area contributed by atoms with E-state index in [1.165, 1.54) is 12.8 Å². The Kier molecular flexibility index (Phi) is 33.9. The average molecular weight is 1350 g/mol. The molecule has 0 radical (unpaired) electrons. The summed E-state index contributed by atoms with van der Waals surface area (Å²) in [6, 6.07) is 38.5. The number of amides is 6. The molecule has 6 amide bonds. The Morgan fingerprint density at radius 1 is 0.347 bits per heavy atom. The van der Waals surface area contributed by atoms with E-state index in [0.717, 1.165) is 131 Å². The van der Waals surface area contributed by atoms with Crippen LogP contribution in [0.15, 0.2) is 121 Å². The Morgan fingerprint density at radius 3 is 0.990 bits per heavy atom. The van der Waals surface area contributed by atoms with E-state index in [1.54, 1.807) is 14.2 Å². The maximum atomic E-state index is 12.8. The number of urea groups is 2. The molecule has 6 aromatic rings. The summed E-state index contributed by atoms with van der Waals surface area (Å²) in [5.41, 5.74) is 12.6. The number of ether oxygens (including phenoxy) is 6. The average Bonchev–Trinajstić information content (AvgIpc) is 0.850. The Balaban J connectivity index is 0.738. The van der Waals surface area contributed by atoms with Gasteiger partial charge in [0.15, 0.2) is 0 Å². The third-order valence-corrected chi connectivity index (χ3v) is 17.2. The minimum Gasteiger partial charge on any atom is -0.495 e. The van der Waals surface area contributed by atoms with Crippen molar-refractivity contribution < 1.29 is 57.2 Å². The summed E-state index contributed by atoms with van der Waals surface area (Å²) in [5.74, 6) is 1.55. The molecule has 0 saturated heterocycles. The van der Waals surface area contributed by atoms with Gasteiger partial charge in [-0.3, -0.25) is 20.2 Å². The normalized spacial score (nSPS) is 11.1. The number of anilines is 4. The van der Waals surface area contributed by atoms with Gasteiger partial charge in [-0.05, 0) is 155 Å². The summed E-state index contributed by atoms with van der Waals surface area (Å²) < 4.78 is 33.3. The molecule has 0 heterocycles. The predicted molar refractivity (Wildman–Crippen MR) is 393 cm³/mol. The number of unbranched alkanes of at least 4 members (excludes halogenated alkanes) is 13. The molecule has 6 rings (SSSR count). The molecule has 18 heteroatoms. The highest BCUT2D eigenvalue weighted by Crippen LogP contribution is 2.36. The van der Waals surface area contributed by atoms with Crippen molar-refractivity contribution in [3.05, 3.63) is 155 Å². The van der Waals surface area contributed by atoms with Gasteiger partial charge in [-0.1, -0.05) is 204 Å². The second kappa shape index (κ2) is 42.6. The number of hydrogen-bond acceptors (Lipinski definition) is 12. The molecule has 0 aliphatic heterocycles. The number of rotatable bonds is 41. The van der Waals surface area contributed by atoms with Crippen molar-refractivity contribution in [1.29, 1.82) is 0 Å². The van der Waals surface area contributed by atoms with Crippen molar-refractivity contribution in [3.63, 3.8) is 0 Å². The second-order valence-corrected chi connectivity index (χ2v) is 26.2. The van der Waals surface area contributed by atoms with Gasteiger partial charge in [-0.15, -0.1) is 0 Å². The molecule has 0 aliphatic rings. The fourth-order valence-electron chi connectivity index (χ4n) is 11.5. The topological polar surface area (TPSA) is 230 Å². The Bertz CT molecular complexity index is 3180. The van der Waals surface area contributed by atoms with Crippen LogP contribution in [-0.4, -0.2) is 76.7 Å². The zero-order valence-electron chi connectivity index (χ0n) is 59.7. The number of hydrogen-bond donors (Lipinski definition) is 6. The Labute approximate surface area is 582 Å². The largest absolute Gasteiger partial charge is 0.495 e. The fraction of sp³-hybridized carbons (Fsp3) is 0.475. The van der Waals surface area contributed by atoms with Crippen LogP contribution in [-0.2, 0) is 41.8 Å². The van der Waals surface area contributed by atoms with Gasteiger partial charge >= 0.3 is 36.2 Å². The Hall–Kier alpha value is -9.06. The smallest absolute Gasteiger partial charge is 0.411 e. The molecule has 6 N–H and O–H groups in total. The molecule has 0 bridgehead atoms. The third kappa shape index (κ3) is 27.1. The summed E-state index contributed by atoms with van der Waals surface area (Å²) in [7, 11) is 3.15. The summed E-state index contributed by atoms with van der Waals surface area (Å²) in [6.07, 6.45) is 14.4. The van der Waals surface area contributed by atoms with Gasteiger partial charge in [0.05, 0.1) is 50.2 Å². The van der Waals surface area contributed by atoms with E-state index in [9.17, 15) is 28.8 Å². The van der Waals surface area contributed by atoms with Gasteiger partial charge in [0.1, 0.15) is 24.7 Å². The van der Waals surface area contributed by atoms with Gasteiger partial charge in [-0.25, -0.2) is 19.2 Å². The maximum Gasteiger partial charge on any atom is 0.411 e. The van der Waals surface area contributed by atoms with Crippen molar-refractivity contribution in [2.45, 2.75) is 208 Å². The minimum absolute atomic E-state index is 0.166. The Morgan fingerprint density at radius 2 is 0.663 bits per heavy atom. The van der Waals surface area contributed by atoms with Crippen molar-refractivity contribution in [2.24, 2.45) is 0 Å². The standard InChI is InChI=1S/C80H108N6O12/c1-55(2)65-29-27-30-66(56(3)4)75(65)85-79(91)95-49-25-19-21-33-73(87)97-53-59-35-39-61(40-36-59)63-43-45-69(71(51-63)93-9)83-77(89)81-47-23-17-15-13-11-12-14-16-18-24-48-82-78(90)84-70-46-44-64(52-72(70)94-10)62-41-37-60(38-42-62)54-98-74(88)34-22-20-26-50-96-80(92)86-76-67(57(5)6)31-28-32-68(76)58(7)8/h27-32,35-46,51-52,55-58H,11-26,33-34,47-50,53-54H2,1-10H3,(H,85,91)(H,86,92)(H2,81,83,89)(H2,82,84,90). The molecule has 0 atom stereocenters. The monoisotopic (exact) mass is 1340 g/mol. The predicted octanol–water partition coefficient (Wildman–Crippen LogP) is 20.1. The zero-order chi connectivity index (χ0) is 70.6. The van der Waals surface area contributed by atoms with E-state index < -0.39 is 12.2 Å². The lowest BCUT2D eigenvalue weighted by molar-refractivity contribution is -0.146. The van der Waals surface area contributed by atoms with Crippen LogP contribution in [0.3, 0.4) is 0 Å². The van der Waals surface area contributed by atoms with E-state index in [-0.39, 0.29) is 86.9 Å². The van der Waals surface area contributed by atoms with Crippen LogP contribution in [0.25, 0.3) is 22.3 Å². The van der Waals surface area contributed by atoms with E-state index in [0.29, 0.717) is 61.6 Å². The molecular formula is C80H108N6O12. The number of esters is 2. The van der Waals surface area contributed by atoms with Crippen LogP contribution in [0.4, 0.5) is 41.9 Å². The first kappa shape index (κ1) is 77.9. The zero-order valence-corrected chi connectivity index (χ0v) is 59.7. The summed E-state index contributed by atoms with van der Waals surface area (Å²) in [5, 5.41) is 17.7. The van der Waals surface area contributed by atoms with Crippen molar-refractivity contribution >= 4 is 58.9 Å². The molecule has 98 heavy (non-hydrogen) atoms. The quantitative estimate of drug-likeness (QED) is 0.0120. The molecular weight excluding hydrogens is 1240 g/mol. The number of nitrogens with one attached hydrogen (secondary N) is 6. The SMILES string of the molecule is COc1cc(-c2ccc(COC(=O)CCCCCOC(=O)Nc3c(C(C)C)cccc3C(C)C)cc2)ccc1NC(=O)NCCCCCCCCCCCCNC(=O)Nc1ccc(-c2ccc(COC(=O)CCCCCOC(=O)Nc3c(C(C)C)cccc3C(C)C)cc2)cc1OC. The molecule has 0 aromatic heterocycles. The van der Waals surface area contributed by atoms with Gasteiger partial charge in [0, 0.05) is 25.9 Å². The number of benzene rings is 6. The number of para-hydroxylation sites is 2. The molecule has 6 aromatic carbocycles. The maximum absolute atomic E-state index is 12.8. The first-order valence-electron chi connectivity index (χ1n) is 35.4. The van der Waals surface area contributed by atoms with Gasteiger partial charge in [0.2, 0.25) is 0 Å². The van der Waals surface area contributed by atoms with Crippen LogP contribution in [0.5, 0.6) is 11.5 Å². The fourth-order valence-corrected chi connectivity index (χ4v) is 11.5. The first-order valence-corrected chi connectivity index (χ1v) is 35.4. The van der Waals surface area contributed by atoms with E-state index in [4.69, 9.17) is 28.4 Å². The highest BCUT2D eigenvalue weighted by Gasteiger charge is 2.20. The molecule has 0 saturated carbocycles. The third-order valence-electron chi connectivity index (χ3n) is 17.2. The molecule has 530 valence electrons. The van der Waals surface area contributed by atoms with Crippen LogP contribution in [0.1, 0.15) is 228 Å². The summed E-state index contributed by atoms with van der Waals surface area (Å²) in [4.78, 5) is 76.0. The number of carbonyl (C=O) groups is 6. The summed E-state index contributed by atoms with van der Waals surface area (Å²) >= 11 is 0. The van der Waals surface area contributed by atoms with E-state index in [1.807, 2.05) is 121 Å². The van der Waals surface area contributed by atoms with Crippen LogP contribution >= 0.6 is 0 Å². The van der Waals surface area contributed by atoms with Crippen LogP contribution in [0.2, 0.25) is 0 Å². The van der Waals surface area contributed by atoms with E-state index in [2.05, 4.69) is 87.3 Å². The molecule has 18 nitrogen and oxygen atoms in total. The highest BCUT2D eigenvalue weighted by molar-refractivity contribution is 5.93. The molecule has 0 aliphatic carbocycles. The van der Waals surface area contributed by atoms with E-state index >= 15 is 0 Å². The number of carbonyl (C=O) groups excluding carboxylic acids is 6.